The second kappa shape index (κ2) is 12.6. The number of nitrogens with one attached hydrogen (secondary N) is 1. The zero-order chi connectivity index (χ0) is 25.3. The molecule has 0 aliphatic heterocycles. The summed E-state index contributed by atoms with van der Waals surface area (Å²) in [5, 5.41) is 2.86. The summed E-state index contributed by atoms with van der Waals surface area (Å²) in [5.41, 5.74) is 0.308. The van der Waals surface area contributed by atoms with Gasteiger partial charge in [0.25, 0.3) is 0 Å². The molecule has 34 heavy (non-hydrogen) atoms. The van der Waals surface area contributed by atoms with Crippen molar-refractivity contribution in [2.24, 2.45) is 0 Å². The summed E-state index contributed by atoms with van der Waals surface area (Å²) in [5.74, 6) is -1.12. The summed E-state index contributed by atoms with van der Waals surface area (Å²) in [6, 6.07) is 13.3. The van der Waals surface area contributed by atoms with E-state index < -0.39 is 21.9 Å². The summed E-state index contributed by atoms with van der Waals surface area (Å²) in [6.45, 7) is 5.50. The zero-order valence-electron chi connectivity index (χ0n) is 20.2. The standard InChI is InChI=1S/C25H34FN3O4S/c1-5-19(2)27-25(31)20(3)29(18-21-12-9-10-15-23(21)26)24(30)16-11-17-28(4)34(32,33)22-13-7-6-8-14-22/h6-10,12-15,19-20H,5,11,16-18H2,1-4H3,(H,27,31)/t19-,20-/m0/s1. The minimum atomic E-state index is -3.66. The van der Waals surface area contributed by atoms with E-state index in [9.17, 15) is 22.4 Å². The highest BCUT2D eigenvalue weighted by Gasteiger charge is 2.28. The van der Waals surface area contributed by atoms with Crippen LogP contribution in [0.15, 0.2) is 59.5 Å². The van der Waals surface area contributed by atoms with Crippen molar-refractivity contribution in [1.82, 2.24) is 14.5 Å². The van der Waals surface area contributed by atoms with E-state index in [2.05, 4.69) is 5.32 Å². The van der Waals surface area contributed by atoms with Gasteiger partial charge in [0, 0.05) is 38.2 Å². The van der Waals surface area contributed by atoms with Gasteiger partial charge in [-0.2, -0.15) is 0 Å². The van der Waals surface area contributed by atoms with Crippen LogP contribution in [0.1, 0.15) is 45.6 Å². The van der Waals surface area contributed by atoms with Gasteiger partial charge in [-0.1, -0.05) is 43.3 Å². The number of carbonyl (C=O) groups is 2. The van der Waals surface area contributed by atoms with Crippen LogP contribution in [0.5, 0.6) is 0 Å². The molecule has 9 heteroatoms. The monoisotopic (exact) mass is 491 g/mol. The van der Waals surface area contributed by atoms with Gasteiger partial charge in [0.1, 0.15) is 11.9 Å². The minimum absolute atomic E-state index is 0.0179. The minimum Gasteiger partial charge on any atom is -0.352 e. The molecule has 0 saturated carbocycles. The quantitative estimate of drug-likeness (QED) is 0.492. The van der Waals surface area contributed by atoms with Crippen LogP contribution in [0.2, 0.25) is 0 Å². The van der Waals surface area contributed by atoms with E-state index >= 15 is 0 Å². The zero-order valence-corrected chi connectivity index (χ0v) is 21.0. The summed E-state index contributed by atoms with van der Waals surface area (Å²) < 4.78 is 40.9. The molecule has 0 aliphatic carbocycles. The first-order chi connectivity index (χ1) is 16.1. The van der Waals surface area contributed by atoms with E-state index in [1.807, 2.05) is 13.8 Å². The van der Waals surface area contributed by atoms with Gasteiger partial charge in [-0.05, 0) is 44.9 Å². The molecule has 186 valence electrons. The third-order valence-corrected chi connectivity index (χ3v) is 7.65. The molecule has 1 N–H and O–H groups in total. The lowest BCUT2D eigenvalue weighted by atomic mass is 10.1. The number of hydrogen-bond acceptors (Lipinski definition) is 4. The lowest BCUT2D eigenvalue weighted by molar-refractivity contribution is -0.141. The van der Waals surface area contributed by atoms with Gasteiger partial charge in [0.15, 0.2) is 0 Å². The first-order valence-electron chi connectivity index (χ1n) is 11.4. The largest absolute Gasteiger partial charge is 0.352 e. The third kappa shape index (κ3) is 7.36. The molecule has 0 saturated heterocycles. The smallest absolute Gasteiger partial charge is 0.242 e. The van der Waals surface area contributed by atoms with Crippen molar-refractivity contribution in [2.75, 3.05) is 13.6 Å². The van der Waals surface area contributed by atoms with Gasteiger partial charge >= 0.3 is 0 Å². The Morgan fingerprint density at radius 1 is 1.03 bits per heavy atom. The molecular formula is C25H34FN3O4S. The van der Waals surface area contributed by atoms with Gasteiger partial charge in [0.05, 0.1) is 4.90 Å². The Bertz CT molecular complexity index is 1060. The van der Waals surface area contributed by atoms with Gasteiger partial charge in [-0.15, -0.1) is 0 Å². The molecule has 2 aromatic carbocycles. The number of carbonyl (C=O) groups excluding carboxylic acids is 2. The Hall–Kier alpha value is -2.78. The summed E-state index contributed by atoms with van der Waals surface area (Å²) >= 11 is 0. The second-order valence-electron chi connectivity index (χ2n) is 8.35. The Labute approximate surface area is 202 Å². The van der Waals surface area contributed by atoms with Crippen LogP contribution in [0, 0.1) is 5.82 Å². The first-order valence-corrected chi connectivity index (χ1v) is 12.9. The Balaban J connectivity index is 2.10. The molecule has 0 heterocycles. The highest BCUT2D eigenvalue weighted by Crippen LogP contribution is 2.17. The van der Waals surface area contributed by atoms with Crippen LogP contribution in [0.4, 0.5) is 4.39 Å². The molecule has 0 bridgehead atoms. The summed E-state index contributed by atoms with van der Waals surface area (Å²) in [4.78, 5) is 27.4. The van der Waals surface area contributed by atoms with Gasteiger partial charge < -0.3 is 10.2 Å². The van der Waals surface area contributed by atoms with Crippen LogP contribution < -0.4 is 5.32 Å². The van der Waals surface area contributed by atoms with E-state index in [1.54, 1.807) is 43.3 Å². The molecule has 2 aromatic rings. The number of nitrogens with zero attached hydrogens (tertiary/aromatic N) is 2. The van der Waals surface area contributed by atoms with E-state index in [4.69, 9.17) is 0 Å². The van der Waals surface area contributed by atoms with Crippen molar-refractivity contribution < 1.29 is 22.4 Å². The molecule has 0 aromatic heterocycles. The fourth-order valence-corrected chi connectivity index (χ4v) is 4.58. The maximum Gasteiger partial charge on any atom is 0.242 e. The molecule has 0 aliphatic rings. The van der Waals surface area contributed by atoms with Crippen LogP contribution >= 0.6 is 0 Å². The Morgan fingerprint density at radius 3 is 2.26 bits per heavy atom. The van der Waals surface area contributed by atoms with Crippen molar-refractivity contribution in [3.63, 3.8) is 0 Å². The fraction of sp³-hybridized carbons (Fsp3) is 0.440. The molecular weight excluding hydrogens is 457 g/mol. The van der Waals surface area contributed by atoms with Crippen LogP contribution in [0.3, 0.4) is 0 Å². The summed E-state index contributed by atoms with van der Waals surface area (Å²) in [6.07, 6.45) is 1.01. The fourth-order valence-electron chi connectivity index (χ4n) is 3.35. The Kier molecular flexibility index (Phi) is 10.2. The lowest BCUT2D eigenvalue weighted by Crippen LogP contribution is -2.49. The Morgan fingerprint density at radius 2 is 1.65 bits per heavy atom. The molecule has 0 fully saturated rings. The topological polar surface area (TPSA) is 86.8 Å². The van der Waals surface area contributed by atoms with Crippen LogP contribution in [-0.2, 0) is 26.2 Å². The van der Waals surface area contributed by atoms with Crippen molar-refractivity contribution in [3.8, 4) is 0 Å². The molecule has 0 radical (unpaired) electrons. The van der Waals surface area contributed by atoms with Crippen molar-refractivity contribution >= 4 is 21.8 Å². The van der Waals surface area contributed by atoms with Crippen LogP contribution in [0.25, 0.3) is 0 Å². The molecule has 0 unspecified atom stereocenters. The van der Waals surface area contributed by atoms with Crippen molar-refractivity contribution in [2.45, 2.75) is 63.6 Å². The molecule has 2 amide bonds. The SMILES string of the molecule is CC[C@H](C)NC(=O)[C@H](C)N(Cc1ccccc1F)C(=O)CCCN(C)S(=O)(=O)c1ccccc1. The lowest BCUT2D eigenvalue weighted by Gasteiger charge is -2.30. The number of hydrogen-bond donors (Lipinski definition) is 1. The van der Waals surface area contributed by atoms with Crippen LogP contribution in [-0.4, -0.2) is 55.1 Å². The van der Waals surface area contributed by atoms with E-state index in [-0.39, 0.29) is 48.7 Å². The van der Waals surface area contributed by atoms with Gasteiger partial charge in [-0.3, -0.25) is 9.59 Å². The first kappa shape index (κ1) is 27.5. The highest BCUT2D eigenvalue weighted by molar-refractivity contribution is 7.89. The predicted molar refractivity (Wildman–Crippen MR) is 130 cm³/mol. The van der Waals surface area contributed by atoms with Crippen molar-refractivity contribution in [1.29, 1.82) is 0 Å². The average Bonchev–Trinajstić information content (AvgIpc) is 2.83. The molecule has 7 nitrogen and oxygen atoms in total. The number of halogens is 1. The highest BCUT2D eigenvalue weighted by atomic mass is 32.2. The summed E-state index contributed by atoms with van der Waals surface area (Å²) in [7, 11) is -2.20. The van der Waals surface area contributed by atoms with E-state index in [0.717, 1.165) is 6.42 Å². The maximum absolute atomic E-state index is 14.3. The predicted octanol–water partition coefficient (Wildman–Crippen LogP) is 3.56. The number of amides is 2. The molecule has 2 atom stereocenters. The van der Waals surface area contributed by atoms with E-state index in [1.165, 1.54) is 34.5 Å². The normalized spacial score (nSPS) is 13.4. The van der Waals surface area contributed by atoms with Crippen molar-refractivity contribution in [3.05, 3.63) is 66.0 Å². The van der Waals surface area contributed by atoms with E-state index in [0.29, 0.717) is 5.56 Å². The molecule has 0 spiro atoms. The second-order valence-corrected chi connectivity index (χ2v) is 10.4. The molecule has 2 rings (SSSR count). The maximum atomic E-state index is 14.3. The number of rotatable bonds is 12. The average molecular weight is 492 g/mol. The third-order valence-electron chi connectivity index (χ3n) is 5.78. The van der Waals surface area contributed by atoms with Gasteiger partial charge in [-0.25, -0.2) is 17.1 Å². The number of benzene rings is 2. The number of sulfonamides is 1. The van der Waals surface area contributed by atoms with Gasteiger partial charge in [0.2, 0.25) is 21.8 Å².